The van der Waals surface area contributed by atoms with Crippen LogP contribution in [0.5, 0.6) is 0 Å². The number of fused-ring (bicyclic) bond motifs is 1. The van der Waals surface area contributed by atoms with Gasteiger partial charge in [-0.2, -0.15) is 4.31 Å². The Bertz CT molecular complexity index is 1090. The van der Waals surface area contributed by atoms with Gasteiger partial charge in [0.2, 0.25) is 10.0 Å². The molecule has 7 nitrogen and oxygen atoms in total. The van der Waals surface area contributed by atoms with E-state index >= 15 is 0 Å². The van der Waals surface area contributed by atoms with Crippen LogP contribution in [0.2, 0.25) is 0 Å². The molecule has 3 aromatic rings. The van der Waals surface area contributed by atoms with Crippen molar-refractivity contribution in [1.29, 1.82) is 0 Å². The monoisotopic (exact) mass is 408 g/mol. The van der Waals surface area contributed by atoms with E-state index in [2.05, 4.69) is 0 Å². The fourth-order valence-corrected chi connectivity index (χ4v) is 5.53. The first-order valence-electron chi connectivity index (χ1n) is 8.69. The standard InChI is InChI=1S/C18H20N2O5S2/c1-19-16-7-6-15(10-17(16)25-18(19)21)27(22,23)20(11-13-4-2-8-24-13)12-14-5-3-9-26-14/h3,5-7,9-10,13H,2,4,8,11-12H2,1H3. The van der Waals surface area contributed by atoms with Gasteiger partial charge in [-0.05, 0) is 36.4 Å². The third-order valence-corrected chi connectivity index (χ3v) is 7.41. The second-order valence-corrected chi connectivity index (χ2v) is 9.54. The molecule has 2 aromatic heterocycles. The summed E-state index contributed by atoms with van der Waals surface area (Å²) < 4.78 is 40.3. The average molecular weight is 409 g/mol. The molecule has 144 valence electrons. The Kier molecular flexibility index (Phi) is 4.94. The van der Waals surface area contributed by atoms with E-state index < -0.39 is 15.8 Å². The van der Waals surface area contributed by atoms with E-state index in [1.54, 1.807) is 13.1 Å². The molecule has 0 spiro atoms. The predicted octanol–water partition coefficient (Wildman–Crippen LogP) is 2.56. The van der Waals surface area contributed by atoms with Gasteiger partial charge in [-0.3, -0.25) is 4.57 Å². The van der Waals surface area contributed by atoms with Crippen LogP contribution in [-0.4, -0.2) is 36.5 Å². The molecule has 1 fully saturated rings. The highest BCUT2D eigenvalue weighted by atomic mass is 32.2. The second-order valence-electron chi connectivity index (χ2n) is 6.57. The fraction of sp³-hybridized carbons (Fsp3) is 0.389. The summed E-state index contributed by atoms with van der Waals surface area (Å²) >= 11 is 1.52. The Balaban J connectivity index is 1.71. The molecule has 9 heteroatoms. The largest absolute Gasteiger partial charge is 0.419 e. The van der Waals surface area contributed by atoms with Crippen molar-refractivity contribution in [3.63, 3.8) is 0 Å². The highest BCUT2D eigenvalue weighted by Gasteiger charge is 2.30. The fourth-order valence-electron chi connectivity index (χ4n) is 3.26. The molecule has 1 aliphatic heterocycles. The second kappa shape index (κ2) is 7.23. The zero-order chi connectivity index (χ0) is 19.0. The van der Waals surface area contributed by atoms with Crippen molar-refractivity contribution >= 4 is 32.5 Å². The SMILES string of the molecule is Cn1c(=O)oc2cc(S(=O)(=O)N(Cc3cccs3)CC3CCCO3)ccc21. The number of benzene rings is 1. The van der Waals surface area contributed by atoms with E-state index in [1.165, 1.54) is 32.3 Å². The van der Waals surface area contributed by atoms with Crippen LogP contribution in [-0.2, 0) is 28.4 Å². The molecule has 1 atom stereocenters. The van der Waals surface area contributed by atoms with Crippen molar-refractivity contribution in [2.75, 3.05) is 13.2 Å². The number of oxazole rings is 1. The van der Waals surface area contributed by atoms with E-state index in [0.717, 1.165) is 17.7 Å². The van der Waals surface area contributed by atoms with Crippen molar-refractivity contribution in [3.8, 4) is 0 Å². The molecule has 1 aromatic carbocycles. The lowest BCUT2D eigenvalue weighted by Gasteiger charge is -2.24. The molecular weight excluding hydrogens is 388 g/mol. The topological polar surface area (TPSA) is 81.8 Å². The smallest absolute Gasteiger partial charge is 0.408 e. The van der Waals surface area contributed by atoms with Crippen molar-refractivity contribution in [2.24, 2.45) is 7.05 Å². The lowest BCUT2D eigenvalue weighted by molar-refractivity contribution is 0.0927. The minimum Gasteiger partial charge on any atom is -0.408 e. The molecule has 4 rings (SSSR count). The van der Waals surface area contributed by atoms with Gasteiger partial charge in [0.25, 0.3) is 0 Å². The molecule has 1 unspecified atom stereocenters. The zero-order valence-electron chi connectivity index (χ0n) is 14.8. The molecule has 0 N–H and O–H groups in total. The lowest BCUT2D eigenvalue weighted by Crippen LogP contribution is -2.36. The molecule has 27 heavy (non-hydrogen) atoms. The van der Waals surface area contributed by atoms with E-state index in [1.807, 2.05) is 17.5 Å². The molecule has 0 aliphatic carbocycles. The summed E-state index contributed by atoms with van der Waals surface area (Å²) in [6.07, 6.45) is 1.69. The molecule has 3 heterocycles. The van der Waals surface area contributed by atoms with Crippen molar-refractivity contribution in [1.82, 2.24) is 8.87 Å². The molecule has 0 amide bonds. The highest BCUT2D eigenvalue weighted by Crippen LogP contribution is 2.26. The van der Waals surface area contributed by atoms with Gasteiger partial charge in [0.1, 0.15) is 0 Å². The summed E-state index contributed by atoms with van der Waals surface area (Å²) in [5.41, 5.74) is 0.819. The van der Waals surface area contributed by atoms with Crippen LogP contribution in [0.4, 0.5) is 0 Å². The number of ether oxygens (including phenoxy) is 1. The van der Waals surface area contributed by atoms with Crippen LogP contribution in [0.3, 0.4) is 0 Å². The summed E-state index contributed by atoms with van der Waals surface area (Å²) in [5, 5.41) is 1.93. The molecular formula is C18H20N2O5S2. The Morgan fingerprint density at radius 1 is 1.33 bits per heavy atom. The van der Waals surface area contributed by atoms with Crippen molar-refractivity contribution in [2.45, 2.75) is 30.4 Å². The van der Waals surface area contributed by atoms with Crippen molar-refractivity contribution in [3.05, 3.63) is 51.1 Å². The van der Waals surface area contributed by atoms with Gasteiger partial charge in [-0.25, -0.2) is 13.2 Å². The Hall–Kier alpha value is -1.94. The Morgan fingerprint density at radius 3 is 2.89 bits per heavy atom. The number of nitrogens with zero attached hydrogens (tertiary/aromatic N) is 2. The van der Waals surface area contributed by atoms with Crippen LogP contribution in [0.1, 0.15) is 17.7 Å². The normalized spacial score (nSPS) is 17.9. The maximum Gasteiger partial charge on any atom is 0.419 e. The van der Waals surface area contributed by atoms with Crippen LogP contribution >= 0.6 is 11.3 Å². The Labute approximate surface area is 160 Å². The summed E-state index contributed by atoms with van der Waals surface area (Å²) in [6, 6.07) is 8.36. The third-order valence-electron chi connectivity index (χ3n) is 4.75. The van der Waals surface area contributed by atoms with E-state index in [0.29, 0.717) is 18.7 Å². The quantitative estimate of drug-likeness (QED) is 0.626. The first-order chi connectivity index (χ1) is 12.9. The lowest BCUT2D eigenvalue weighted by atomic mass is 10.2. The molecule has 0 bridgehead atoms. The Morgan fingerprint density at radius 2 is 2.19 bits per heavy atom. The number of hydrogen-bond donors (Lipinski definition) is 0. The van der Waals surface area contributed by atoms with Gasteiger partial charge in [-0.15, -0.1) is 11.3 Å². The summed E-state index contributed by atoms with van der Waals surface area (Å²) in [7, 11) is -2.18. The van der Waals surface area contributed by atoms with Gasteiger partial charge in [0.15, 0.2) is 5.58 Å². The van der Waals surface area contributed by atoms with Gasteiger partial charge in [-0.1, -0.05) is 6.07 Å². The maximum atomic E-state index is 13.3. The van der Waals surface area contributed by atoms with Crippen LogP contribution in [0.25, 0.3) is 11.1 Å². The van der Waals surface area contributed by atoms with Crippen LogP contribution in [0, 0.1) is 0 Å². The summed E-state index contributed by atoms with van der Waals surface area (Å²) in [5.74, 6) is -0.519. The number of thiophene rings is 1. The van der Waals surface area contributed by atoms with E-state index in [9.17, 15) is 13.2 Å². The number of hydrogen-bond acceptors (Lipinski definition) is 6. The summed E-state index contributed by atoms with van der Waals surface area (Å²) in [4.78, 5) is 12.8. The minimum atomic E-state index is -3.77. The molecule has 0 radical (unpaired) electrons. The minimum absolute atomic E-state index is 0.0990. The van der Waals surface area contributed by atoms with Gasteiger partial charge >= 0.3 is 5.76 Å². The molecule has 0 saturated carbocycles. The highest BCUT2D eigenvalue weighted by molar-refractivity contribution is 7.89. The molecule has 1 saturated heterocycles. The van der Waals surface area contributed by atoms with Gasteiger partial charge in [0, 0.05) is 37.7 Å². The first-order valence-corrected chi connectivity index (χ1v) is 11.0. The van der Waals surface area contributed by atoms with E-state index in [-0.39, 0.29) is 23.1 Å². The van der Waals surface area contributed by atoms with Gasteiger partial charge < -0.3 is 9.15 Å². The third kappa shape index (κ3) is 3.60. The van der Waals surface area contributed by atoms with Gasteiger partial charge in [0.05, 0.1) is 16.5 Å². The number of sulfonamides is 1. The molecule has 1 aliphatic rings. The van der Waals surface area contributed by atoms with Crippen LogP contribution in [0.15, 0.2) is 49.8 Å². The number of rotatable bonds is 6. The maximum absolute atomic E-state index is 13.3. The zero-order valence-corrected chi connectivity index (χ0v) is 16.5. The number of aromatic nitrogens is 1. The predicted molar refractivity (Wildman–Crippen MR) is 102 cm³/mol. The average Bonchev–Trinajstić information content (AvgIpc) is 3.38. The number of aryl methyl sites for hydroxylation is 1. The van der Waals surface area contributed by atoms with Crippen molar-refractivity contribution < 1.29 is 17.6 Å². The first kappa shape index (κ1) is 18.4. The van der Waals surface area contributed by atoms with Crippen LogP contribution < -0.4 is 5.76 Å². The van der Waals surface area contributed by atoms with E-state index in [4.69, 9.17) is 9.15 Å². The summed E-state index contributed by atoms with van der Waals surface area (Å²) in [6.45, 7) is 1.26.